The number of benzene rings is 1. The second-order valence-electron chi connectivity index (χ2n) is 4.91. The van der Waals surface area contributed by atoms with Gasteiger partial charge >= 0.3 is 0 Å². The molecule has 6 heteroatoms. The topological polar surface area (TPSA) is 44.4 Å². The molecule has 0 spiro atoms. The van der Waals surface area contributed by atoms with Gasteiger partial charge in [-0.05, 0) is 30.7 Å². The fourth-order valence-electron chi connectivity index (χ4n) is 2.61. The standard InChI is InChI=1S/C14H19Cl2N3O/c1-9(11-7-10(15)3-4-12(11)16)19-6-5-18-8-13(19)14(20)17-2/h3-4,7,9,13,18H,5-6,8H2,1-2H3,(H,17,20). The number of carbonyl (C=O) groups excluding carboxylic acids is 1. The van der Waals surface area contributed by atoms with Gasteiger partial charge in [0.05, 0.1) is 0 Å². The fraction of sp³-hybridized carbons (Fsp3) is 0.500. The number of hydrogen-bond donors (Lipinski definition) is 2. The lowest BCUT2D eigenvalue weighted by molar-refractivity contribution is -0.127. The molecule has 110 valence electrons. The van der Waals surface area contributed by atoms with Gasteiger partial charge in [-0.15, -0.1) is 0 Å². The van der Waals surface area contributed by atoms with Crippen molar-refractivity contribution in [3.8, 4) is 0 Å². The van der Waals surface area contributed by atoms with Crippen LogP contribution in [0, 0.1) is 0 Å². The molecule has 1 heterocycles. The minimum Gasteiger partial charge on any atom is -0.358 e. The van der Waals surface area contributed by atoms with Crippen molar-refractivity contribution in [1.29, 1.82) is 0 Å². The number of nitrogens with one attached hydrogen (secondary N) is 2. The van der Waals surface area contributed by atoms with Crippen molar-refractivity contribution in [3.63, 3.8) is 0 Å². The van der Waals surface area contributed by atoms with Crippen LogP contribution in [0.4, 0.5) is 0 Å². The van der Waals surface area contributed by atoms with Gasteiger partial charge in [-0.25, -0.2) is 0 Å². The average molecular weight is 316 g/mol. The zero-order valence-corrected chi connectivity index (χ0v) is 13.1. The van der Waals surface area contributed by atoms with Gasteiger partial charge in [-0.1, -0.05) is 23.2 Å². The first-order valence-electron chi connectivity index (χ1n) is 6.67. The highest BCUT2D eigenvalue weighted by Gasteiger charge is 2.32. The van der Waals surface area contributed by atoms with Crippen LogP contribution in [0.25, 0.3) is 0 Å². The molecule has 0 saturated carbocycles. The summed E-state index contributed by atoms with van der Waals surface area (Å²) in [7, 11) is 1.66. The Labute approximate surface area is 129 Å². The highest BCUT2D eigenvalue weighted by atomic mass is 35.5. The maximum Gasteiger partial charge on any atom is 0.238 e. The second-order valence-corrected chi connectivity index (χ2v) is 5.76. The first-order chi connectivity index (χ1) is 9.54. The minimum atomic E-state index is -0.196. The van der Waals surface area contributed by atoms with Crippen molar-refractivity contribution < 1.29 is 4.79 Å². The number of hydrogen-bond acceptors (Lipinski definition) is 3. The SMILES string of the molecule is CNC(=O)C1CNCCN1C(C)c1cc(Cl)ccc1Cl. The molecule has 1 aromatic rings. The molecule has 1 aromatic carbocycles. The van der Waals surface area contributed by atoms with Crippen LogP contribution in [-0.4, -0.2) is 43.5 Å². The first kappa shape index (κ1) is 15.6. The molecule has 20 heavy (non-hydrogen) atoms. The summed E-state index contributed by atoms with van der Waals surface area (Å²) in [5.41, 5.74) is 0.954. The smallest absolute Gasteiger partial charge is 0.238 e. The monoisotopic (exact) mass is 315 g/mol. The second kappa shape index (κ2) is 6.76. The number of piperazine rings is 1. The van der Waals surface area contributed by atoms with E-state index in [2.05, 4.69) is 22.5 Å². The average Bonchev–Trinajstić information content (AvgIpc) is 2.48. The number of carbonyl (C=O) groups is 1. The molecule has 1 aliphatic heterocycles. The maximum atomic E-state index is 12.0. The van der Waals surface area contributed by atoms with Gasteiger partial charge in [-0.2, -0.15) is 0 Å². The summed E-state index contributed by atoms with van der Waals surface area (Å²) in [5, 5.41) is 7.30. The van der Waals surface area contributed by atoms with Crippen LogP contribution < -0.4 is 10.6 Å². The van der Waals surface area contributed by atoms with E-state index in [9.17, 15) is 4.79 Å². The molecule has 1 aliphatic rings. The Balaban J connectivity index is 2.27. The molecule has 0 aromatic heterocycles. The van der Waals surface area contributed by atoms with Crippen LogP contribution in [-0.2, 0) is 4.79 Å². The number of rotatable bonds is 3. The summed E-state index contributed by atoms with van der Waals surface area (Å²) in [6, 6.07) is 5.28. The zero-order chi connectivity index (χ0) is 14.7. The fourth-order valence-corrected chi connectivity index (χ4v) is 3.06. The Kier molecular flexibility index (Phi) is 5.27. The van der Waals surface area contributed by atoms with Gasteiger partial charge in [0.25, 0.3) is 0 Å². The molecular weight excluding hydrogens is 297 g/mol. The van der Waals surface area contributed by atoms with Crippen LogP contribution in [0.2, 0.25) is 10.0 Å². The summed E-state index contributed by atoms with van der Waals surface area (Å²) in [6.45, 7) is 4.35. The van der Waals surface area contributed by atoms with E-state index >= 15 is 0 Å². The largest absolute Gasteiger partial charge is 0.358 e. The lowest BCUT2D eigenvalue weighted by atomic mass is 10.0. The van der Waals surface area contributed by atoms with Gasteiger partial charge in [0.15, 0.2) is 0 Å². The van der Waals surface area contributed by atoms with E-state index in [1.54, 1.807) is 19.2 Å². The van der Waals surface area contributed by atoms with Gasteiger partial charge in [0.2, 0.25) is 5.91 Å². The molecule has 2 atom stereocenters. The Morgan fingerprint density at radius 1 is 1.50 bits per heavy atom. The molecule has 2 N–H and O–H groups in total. The minimum absolute atomic E-state index is 0.0159. The highest BCUT2D eigenvalue weighted by Crippen LogP contribution is 2.31. The van der Waals surface area contributed by atoms with Crippen molar-refractivity contribution in [3.05, 3.63) is 33.8 Å². The third kappa shape index (κ3) is 3.26. The lowest BCUT2D eigenvalue weighted by Gasteiger charge is -2.39. The van der Waals surface area contributed by atoms with Crippen molar-refractivity contribution >= 4 is 29.1 Å². The van der Waals surface area contributed by atoms with E-state index in [-0.39, 0.29) is 18.0 Å². The number of likely N-dealkylation sites (N-methyl/N-ethyl adjacent to an activating group) is 1. The molecule has 1 fully saturated rings. The number of halogens is 2. The third-order valence-electron chi connectivity index (χ3n) is 3.74. The van der Waals surface area contributed by atoms with Crippen molar-refractivity contribution in [2.45, 2.75) is 19.0 Å². The molecule has 2 unspecified atom stereocenters. The Bertz CT molecular complexity index is 495. The molecule has 2 rings (SSSR count). The van der Waals surface area contributed by atoms with Crippen LogP contribution >= 0.6 is 23.2 Å². The van der Waals surface area contributed by atoms with E-state index in [0.717, 1.165) is 18.7 Å². The number of amides is 1. The molecule has 1 amide bonds. The van der Waals surface area contributed by atoms with Crippen molar-refractivity contribution in [2.24, 2.45) is 0 Å². The predicted octanol–water partition coefficient (Wildman–Crippen LogP) is 2.07. The van der Waals surface area contributed by atoms with Crippen LogP contribution in [0.3, 0.4) is 0 Å². The van der Waals surface area contributed by atoms with E-state index < -0.39 is 0 Å². The van der Waals surface area contributed by atoms with Gasteiger partial charge in [0, 0.05) is 42.8 Å². The molecule has 0 bridgehead atoms. The van der Waals surface area contributed by atoms with Gasteiger partial charge < -0.3 is 10.6 Å². The van der Waals surface area contributed by atoms with Crippen LogP contribution in [0.1, 0.15) is 18.5 Å². The molecule has 0 radical (unpaired) electrons. The summed E-state index contributed by atoms with van der Waals surface area (Å²) < 4.78 is 0. The summed E-state index contributed by atoms with van der Waals surface area (Å²) in [6.07, 6.45) is 0. The summed E-state index contributed by atoms with van der Waals surface area (Å²) >= 11 is 12.3. The Hall–Kier alpha value is -0.810. The van der Waals surface area contributed by atoms with Crippen molar-refractivity contribution in [2.75, 3.05) is 26.7 Å². The zero-order valence-electron chi connectivity index (χ0n) is 11.6. The predicted molar refractivity (Wildman–Crippen MR) is 82.3 cm³/mol. The van der Waals surface area contributed by atoms with E-state index in [4.69, 9.17) is 23.2 Å². The van der Waals surface area contributed by atoms with Crippen molar-refractivity contribution in [1.82, 2.24) is 15.5 Å². The summed E-state index contributed by atoms with van der Waals surface area (Å²) in [5.74, 6) is 0.0159. The molecule has 4 nitrogen and oxygen atoms in total. The highest BCUT2D eigenvalue weighted by molar-refractivity contribution is 6.33. The van der Waals surface area contributed by atoms with Gasteiger partial charge in [-0.3, -0.25) is 9.69 Å². The Morgan fingerprint density at radius 3 is 2.95 bits per heavy atom. The maximum absolute atomic E-state index is 12.0. The van der Waals surface area contributed by atoms with E-state index in [1.807, 2.05) is 6.07 Å². The third-order valence-corrected chi connectivity index (χ3v) is 4.32. The lowest BCUT2D eigenvalue weighted by Crippen LogP contribution is -2.57. The summed E-state index contributed by atoms with van der Waals surface area (Å²) in [4.78, 5) is 14.2. The first-order valence-corrected chi connectivity index (χ1v) is 7.43. The molecule has 0 aliphatic carbocycles. The van der Waals surface area contributed by atoms with E-state index in [0.29, 0.717) is 16.6 Å². The quantitative estimate of drug-likeness (QED) is 0.897. The van der Waals surface area contributed by atoms with E-state index in [1.165, 1.54) is 0 Å². The normalized spacial score (nSPS) is 21.5. The van der Waals surface area contributed by atoms with Crippen LogP contribution in [0.5, 0.6) is 0 Å². The Morgan fingerprint density at radius 2 is 2.25 bits per heavy atom. The molecular formula is C14H19Cl2N3O. The molecule has 1 saturated heterocycles. The number of nitrogens with zero attached hydrogens (tertiary/aromatic N) is 1. The van der Waals surface area contributed by atoms with Crippen LogP contribution in [0.15, 0.2) is 18.2 Å². The van der Waals surface area contributed by atoms with Gasteiger partial charge in [0.1, 0.15) is 6.04 Å².